The van der Waals surface area contributed by atoms with E-state index >= 15 is 0 Å². The highest BCUT2D eigenvalue weighted by Gasteiger charge is 2.31. The van der Waals surface area contributed by atoms with Gasteiger partial charge in [0.15, 0.2) is 16.7 Å². The van der Waals surface area contributed by atoms with Gasteiger partial charge in [-0.1, -0.05) is 41.7 Å². The van der Waals surface area contributed by atoms with E-state index in [0.717, 1.165) is 0 Å². The number of aromatic hydroxyl groups is 2. The molecule has 186 valence electrons. The van der Waals surface area contributed by atoms with E-state index in [9.17, 15) is 19.8 Å². The highest BCUT2D eigenvalue weighted by Crippen LogP contribution is 2.45. The van der Waals surface area contributed by atoms with Gasteiger partial charge >= 0.3 is 5.97 Å². The van der Waals surface area contributed by atoms with Crippen LogP contribution in [0.5, 0.6) is 17.4 Å². The molecule has 3 aromatic carbocycles. The molecule has 8 nitrogen and oxygen atoms in total. The van der Waals surface area contributed by atoms with Crippen LogP contribution in [0.25, 0.3) is 26.6 Å². The Kier molecular flexibility index (Phi) is 6.37. The lowest BCUT2D eigenvalue weighted by molar-refractivity contribution is 0.0526. The van der Waals surface area contributed by atoms with Crippen molar-refractivity contribution in [1.29, 1.82) is 0 Å². The van der Waals surface area contributed by atoms with Gasteiger partial charge in [0.2, 0.25) is 5.88 Å². The summed E-state index contributed by atoms with van der Waals surface area (Å²) in [5, 5.41) is 22.4. The lowest BCUT2D eigenvalue weighted by Gasteiger charge is -2.09. The lowest BCUT2D eigenvalue weighted by atomic mass is 9.99. The number of ketones is 1. The van der Waals surface area contributed by atoms with E-state index in [0.29, 0.717) is 43.5 Å². The molecule has 0 spiro atoms. The van der Waals surface area contributed by atoms with Crippen LogP contribution in [0.15, 0.2) is 72.8 Å². The smallest absolute Gasteiger partial charge is 0.338 e. The van der Waals surface area contributed by atoms with Crippen LogP contribution in [-0.2, 0) is 4.74 Å². The van der Waals surface area contributed by atoms with Gasteiger partial charge < -0.3 is 19.7 Å². The zero-order valence-electron chi connectivity index (χ0n) is 20.0. The number of aromatic nitrogens is 2. The van der Waals surface area contributed by atoms with Crippen LogP contribution >= 0.6 is 11.3 Å². The van der Waals surface area contributed by atoms with Crippen molar-refractivity contribution in [2.45, 2.75) is 6.92 Å². The molecule has 0 saturated heterocycles. The molecule has 0 atom stereocenters. The summed E-state index contributed by atoms with van der Waals surface area (Å²) in [7, 11) is 1.53. The van der Waals surface area contributed by atoms with Gasteiger partial charge in [-0.05, 0) is 55.0 Å². The number of rotatable bonds is 7. The Labute approximate surface area is 216 Å². The monoisotopic (exact) mass is 514 g/mol. The Hall–Kier alpha value is -4.63. The zero-order chi connectivity index (χ0) is 26.1. The van der Waals surface area contributed by atoms with Crippen molar-refractivity contribution >= 4 is 33.3 Å². The molecule has 5 rings (SSSR count). The first kappa shape index (κ1) is 24.1. The number of carbonyl (C=O) groups is 2. The molecule has 2 aromatic heterocycles. The number of nitrogens with zero attached hydrogens (tertiary/aromatic N) is 2. The van der Waals surface area contributed by atoms with Crippen molar-refractivity contribution in [3.8, 4) is 33.8 Å². The fraction of sp³-hybridized carbons (Fsp3) is 0.107. The van der Waals surface area contributed by atoms with Crippen LogP contribution in [0.4, 0.5) is 0 Å². The third kappa shape index (κ3) is 4.30. The summed E-state index contributed by atoms with van der Waals surface area (Å²) in [6.07, 6.45) is 0. The van der Waals surface area contributed by atoms with Gasteiger partial charge in [-0.3, -0.25) is 9.36 Å². The number of fused-ring (bicyclic) bond motifs is 1. The third-order valence-corrected chi connectivity index (χ3v) is 6.83. The van der Waals surface area contributed by atoms with Crippen LogP contribution in [0.1, 0.15) is 33.2 Å². The van der Waals surface area contributed by atoms with E-state index in [1.807, 2.05) is 6.07 Å². The van der Waals surface area contributed by atoms with Crippen LogP contribution in [0.2, 0.25) is 0 Å². The Morgan fingerprint density at radius 1 is 0.973 bits per heavy atom. The normalized spacial score (nSPS) is 11.0. The van der Waals surface area contributed by atoms with Gasteiger partial charge in [0.25, 0.3) is 0 Å². The lowest BCUT2D eigenvalue weighted by Crippen LogP contribution is -2.05. The molecule has 2 N–H and O–H groups in total. The Morgan fingerprint density at radius 2 is 1.68 bits per heavy atom. The van der Waals surface area contributed by atoms with Crippen LogP contribution in [0.3, 0.4) is 0 Å². The van der Waals surface area contributed by atoms with Crippen molar-refractivity contribution in [2.75, 3.05) is 13.7 Å². The highest BCUT2D eigenvalue weighted by molar-refractivity contribution is 7.20. The summed E-state index contributed by atoms with van der Waals surface area (Å²) in [5.74, 6) is -1.40. The largest absolute Gasteiger partial charge is 0.503 e. The minimum Gasteiger partial charge on any atom is -0.503 e. The van der Waals surface area contributed by atoms with Crippen molar-refractivity contribution in [3.05, 3.63) is 89.5 Å². The van der Waals surface area contributed by atoms with Crippen molar-refractivity contribution in [1.82, 2.24) is 9.55 Å². The molecule has 0 unspecified atom stereocenters. The molecule has 9 heteroatoms. The molecule has 0 bridgehead atoms. The molecule has 0 aliphatic rings. The first-order valence-electron chi connectivity index (χ1n) is 11.4. The SMILES string of the molecule is CCOC(=O)c1ccc2nc(-n3c(O)c(O)c(C(=O)c4ccc(OC)cc4)c3-c3ccccc3)sc2c1. The third-order valence-electron chi connectivity index (χ3n) is 5.83. The second-order valence-corrected chi connectivity index (χ2v) is 9.06. The minimum absolute atomic E-state index is 0.0552. The Balaban J connectivity index is 1.70. The Morgan fingerprint density at radius 3 is 2.35 bits per heavy atom. The number of hydrogen-bond donors (Lipinski definition) is 2. The summed E-state index contributed by atoms with van der Waals surface area (Å²) in [6, 6.07) is 20.5. The quantitative estimate of drug-likeness (QED) is 0.215. The van der Waals surface area contributed by atoms with Gasteiger partial charge in [0.1, 0.15) is 5.75 Å². The Bertz CT molecular complexity index is 1620. The highest BCUT2D eigenvalue weighted by atomic mass is 32.1. The second-order valence-electron chi connectivity index (χ2n) is 8.05. The van der Waals surface area contributed by atoms with Gasteiger partial charge in [0, 0.05) is 5.56 Å². The number of esters is 1. The molecular weight excluding hydrogens is 492 g/mol. The number of hydrogen-bond acceptors (Lipinski definition) is 8. The first-order chi connectivity index (χ1) is 17.9. The van der Waals surface area contributed by atoms with Crippen molar-refractivity contribution in [2.24, 2.45) is 0 Å². The maximum Gasteiger partial charge on any atom is 0.338 e. The molecule has 2 heterocycles. The molecular formula is C28H22N2O6S. The van der Waals surface area contributed by atoms with Crippen LogP contribution in [0, 0.1) is 0 Å². The van der Waals surface area contributed by atoms with E-state index in [1.54, 1.807) is 73.7 Å². The standard InChI is InChI=1S/C28H22N2O6S/c1-3-36-27(34)18-11-14-20-21(15-18)37-28(29-20)30-23(16-7-5-4-6-8-16)22(25(32)26(30)33)24(31)17-9-12-19(35-2)13-10-17/h4-15,32-33H,3H2,1-2H3. The van der Waals surface area contributed by atoms with Gasteiger partial charge in [-0.2, -0.15) is 0 Å². The van der Waals surface area contributed by atoms with Crippen molar-refractivity contribution in [3.63, 3.8) is 0 Å². The summed E-state index contributed by atoms with van der Waals surface area (Å²) in [6.45, 7) is 1.99. The number of benzene rings is 3. The number of ether oxygens (including phenoxy) is 2. The number of carbonyl (C=O) groups excluding carboxylic acids is 2. The first-order valence-corrected chi connectivity index (χ1v) is 12.2. The van der Waals surface area contributed by atoms with Gasteiger partial charge in [0.05, 0.1) is 40.8 Å². The molecule has 5 aromatic rings. The van der Waals surface area contributed by atoms with E-state index in [2.05, 4.69) is 4.98 Å². The number of thiazole rings is 1. The summed E-state index contributed by atoms with van der Waals surface area (Å²) < 4.78 is 12.3. The molecule has 0 aliphatic carbocycles. The van der Waals surface area contributed by atoms with Gasteiger partial charge in [-0.15, -0.1) is 0 Å². The zero-order valence-corrected chi connectivity index (χ0v) is 20.8. The predicted molar refractivity (Wildman–Crippen MR) is 140 cm³/mol. The van der Waals surface area contributed by atoms with E-state index < -0.39 is 23.4 Å². The van der Waals surface area contributed by atoms with Gasteiger partial charge in [-0.25, -0.2) is 9.78 Å². The summed E-state index contributed by atoms with van der Waals surface area (Å²) in [5.41, 5.74) is 2.11. The average molecular weight is 515 g/mol. The minimum atomic E-state index is -0.550. The maximum atomic E-state index is 13.6. The van der Waals surface area contributed by atoms with Crippen molar-refractivity contribution < 1.29 is 29.3 Å². The molecule has 0 amide bonds. The topological polar surface area (TPSA) is 111 Å². The fourth-order valence-electron chi connectivity index (χ4n) is 4.05. The second kappa shape index (κ2) is 9.79. The predicted octanol–water partition coefficient (Wildman–Crippen LogP) is 5.58. The molecule has 0 aliphatic heterocycles. The molecule has 0 radical (unpaired) electrons. The molecule has 0 fully saturated rings. The molecule has 0 saturated carbocycles. The average Bonchev–Trinajstić information content (AvgIpc) is 3.46. The fourth-order valence-corrected chi connectivity index (χ4v) is 5.07. The summed E-state index contributed by atoms with van der Waals surface area (Å²) in [4.78, 5) is 30.4. The van der Waals surface area contributed by atoms with E-state index in [1.165, 1.54) is 23.0 Å². The summed E-state index contributed by atoms with van der Waals surface area (Å²) >= 11 is 1.20. The maximum absolute atomic E-state index is 13.6. The number of methoxy groups -OCH3 is 1. The van der Waals surface area contributed by atoms with Crippen LogP contribution in [-0.4, -0.2) is 45.2 Å². The molecule has 37 heavy (non-hydrogen) atoms. The van der Waals surface area contributed by atoms with E-state index in [4.69, 9.17) is 9.47 Å². The van der Waals surface area contributed by atoms with Crippen LogP contribution < -0.4 is 4.74 Å². The van der Waals surface area contributed by atoms with E-state index in [-0.39, 0.29) is 12.2 Å².